The molecule has 356 valence electrons. The highest BCUT2D eigenvalue weighted by Gasteiger charge is 2.31. The van der Waals surface area contributed by atoms with Gasteiger partial charge in [0.05, 0.1) is 12.2 Å². The summed E-state index contributed by atoms with van der Waals surface area (Å²) in [6, 6.07) is 18.7. The van der Waals surface area contributed by atoms with Gasteiger partial charge in [-0.1, -0.05) is 135 Å². The molecule has 0 spiro atoms. The van der Waals surface area contributed by atoms with E-state index in [4.69, 9.17) is 25.8 Å². The second-order valence-electron chi connectivity index (χ2n) is 21.3. The van der Waals surface area contributed by atoms with Crippen molar-refractivity contribution in [2.45, 2.75) is 216 Å². The Balaban J connectivity index is 1.51. The fourth-order valence-electron chi connectivity index (χ4n) is 8.75. The van der Waals surface area contributed by atoms with E-state index in [0.717, 1.165) is 95.2 Å². The van der Waals surface area contributed by atoms with Crippen LogP contribution in [0.4, 0.5) is 0 Å². The molecular formula is C57H82O6P2. The van der Waals surface area contributed by atoms with Crippen LogP contribution >= 0.6 is 16.5 Å². The second-order valence-corrected chi connectivity index (χ2v) is 23.4. The van der Waals surface area contributed by atoms with Crippen LogP contribution in [0.1, 0.15) is 201 Å². The number of rotatable bonds is 18. The lowest BCUT2D eigenvalue weighted by atomic mass is 9.75. The van der Waals surface area contributed by atoms with Crippen molar-refractivity contribution in [3.63, 3.8) is 0 Å². The fraction of sp³-hybridized carbons (Fsp3) is 0.579. The Hall–Kier alpha value is -3.40. The Labute approximate surface area is 393 Å². The molecule has 6 aromatic rings. The number of fused-ring (bicyclic) bond motifs is 6. The molecule has 0 N–H and O–H groups in total. The zero-order valence-electron chi connectivity index (χ0n) is 43.5. The van der Waals surface area contributed by atoms with Gasteiger partial charge in [-0.2, -0.15) is 0 Å². The Morgan fingerprint density at radius 2 is 0.769 bits per heavy atom. The maximum atomic E-state index is 7.16. The van der Waals surface area contributed by atoms with Crippen LogP contribution in [0.3, 0.4) is 0 Å². The summed E-state index contributed by atoms with van der Waals surface area (Å²) in [5.74, 6) is 0. The Kier molecular flexibility index (Phi) is 15.7. The van der Waals surface area contributed by atoms with E-state index in [1.165, 1.54) is 44.5 Å². The van der Waals surface area contributed by atoms with E-state index in [1.54, 1.807) is 0 Å². The third-order valence-electron chi connectivity index (χ3n) is 15.2. The van der Waals surface area contributed by atoms with Gasteiger partial charge < -0.3 is 16.8 Å². The van der Waals surface area contributed by atoms with Gasteiger partial charge in [0.1, 0.15) is 22.3 Å². The summed E-state index contributed by atoms with van der Waals surface area (Å²) in [5, 5.41) is 4.38. The minimum Gasteiger partial charge on any atom is -0.399 e. The third-order valence-corrected chi connectivity index (χ3v) is 17.6. The molecular weight excluding hydrogens is 843 g/mol. The van der Waals surface area contributed by atoms with Crippen LogP contribution in [0.5, 0.6) is 0 Å². The lowest BCUT2D eigenvalue weighted by Crippen LogP contribution is -2.21. The number of hydrogen-bond acceptors (Lipinski definition) is 6. The molecule has 0 aliphatic carbocycles. The number of aryl methyl sites for hydroxylation is 4. The molecule has 0 amide bonds. The van der Waals surface area contributed by atoms with Crippen LogP contribution in [0.15, 0.2) is 65.3 Å². The molecule has 0 fully saturated rings. The molecule has 0 aliphatic rings. The largest absolute Gasteiger partial charge is 0.399 e. The van der Waals surface area contributed by atoms with Gasteiger partial charge in [0, 0.05) is 39.1 Å². The van der Waals surface area contributed by atoms with Gasteiger partial charge in [-0.25, -0.2) is 0 Å². The first-order valence-electron chi connectivity index (χ1n) is 25.0. The molecule has 8 heteroatoms. The summed E-state index contributed by atoms with van der Waals surface area (Å²) in [6.07, 6.45) is 7.57. The van der Waals surface area contributed by atoms with Gasteiger partial charge in [0.15, 0.2) is 0 Å². The molecule has 0 saturated carbocycles. The van der Waals surface area contributed by atoms with Gasteiger partial charge in [-0.05, 0) is 145 Å². The molecule has 4 aromatic carbocycles. The zero-order chi connectivity index (χ0) is 47.8. The maximum Gasteiger partial charge on any atom is 0.387 e. The molecule has 2 heterocycles. The first-order chi connectivity index (χ1) is 30.6. The first-order valence-corrected chi connectivity index (χ1v) is 27.1. The quantitative estimate of drug-likeness (QED) is 0.0855. The predicted octanol–water partition coefficient (Wildman–Crippen LogP) is 18.6. The summed E-state index contributed by atoms with van der Waals surface area (Å²) >= 11 is 0. The molecule has 0 aliphatic heterocycles. The van der Waals surface area contributed by atoms with Gasteiger partial charge in [0.2, 0.25) is 0 Å². The molecule has 0 bridgehead atoms. The van der Waals surface area contributed by atoms with Crippen molar-refractivity contribution in [3.05, 3.63) is 93.0 Å². The van der Waals surface area contributed by atoms with E-state index in [0.29, 0.717) is 6.42 Å². The normalized spacial score (nSPS) is 14.5. The standard InChI is InChI=1S/C57H82O6P2/c1-19-38-28-40(21-3)50-44(29-38)45-30-39(20-2)31-48(56(15,16)25-7)52(45)62-64(60-50)58-36(9)27-37(10)59-65-61-51-41(22-4)32-42(54(11,12)23-5)33-46(51)47-34-43(55(13,14)24-6)35-49(53(47)63-65)57(17,18)26-8/h28-37H,19-27H2,1-18H3/t36-,37-,64?,65?/m1/s1. The van der Waals surface area contributed by atoms with Gasteiger partial charge in [0.25, 0.3) is 0 Å². The third kappa shape index (κ3) is 10.5. The zero-order valence-corrected chi connectivity index (χ0v) is 45.3. The predicted molar refractivity (Wildman–Crippen MR) is 280 cm³/mol. The summed E-state index contributed by atoms with van der Waals surface area (Å²) in [7, 11) is -3.68. The van der Waals surface area contributed by atoms with Crippen LogP contribution in [0.25, 0.3) is 43.9 Å². The van der Waals surface area contributed by atoms with E-state index in [2.05, 4.69) is 173 Å². The average molecular weight is 925 g/mol. The minimum absolute atomic E-state index is 0.0107. The Morgan fingerprint density at radius 3 is 1.20 bits per heavy atom. The molecule has 4 atom stereocenters. The van der Waals surface area contributed by atoms with Crippen molar-refractivity contribution in [1.82, 2.24) is 0 Å². The van der Waals surface area contributed by atoms with Crippen molar-refractivity contribution >= 4 is 60.4 Å². The van der Waals surface area contributed by atoms with Gasteiger partial charge >= 0.3 is 16.5 Å². The van der Waals surface area contributed by atoms with Crippen molar-refractivity contribution in [2.75, 3.05) is 0 Å². The minimum atomic E-state index is -1.86. The van der Waals surface area contributed by atoms with Gasteiger partial charge in [-0.15, -0.1) is 0 Å². The van der Waals surface area contributed by atoms with Crippen LogP contribution in [0, 0.1) is 0 Å². The van der Waals surface area contributed by atoms with Crippen LogP contribution < -0.4 is 9.05 Å². The van der Waals surface area contributed by atoms with E-state index >= 15 is 0 Å². The van der Waals surface area contributed by atoms with Crippen molar-refractivity contribution < 1.29 is 25.8 Å². The Morgan fingerprint density at radius 1 is 0.415 bits per heavy atom. The summed E-state index contributed by atoms with van der Waals surface area (Å²) in [4.78, 5) is 0. The lowest BCUT2D eigenvalue weighted by molar-refractivity contribution is 0.184. The van der Waals surface area contributed by atoms with E-state index < -0.39 is 16.5 Å². The highest BCUT2D eigenvalue weighted by molar-refractivity contribution is 7.32. The van der Waals surface area contributed by atoms with Gasteiger partial charge in [-0.3, -0.25) is 9.05 Å². The molecule has 65 heavy (non-hydrogen) atoms. The average Bonchev–Trinajstić information content (AvgIpc) is 3.54. The molecule has 2 unspecified atom stereocenters. The lowest BCUT2D eigenvalue weighted by Gasteiger charge is -2.29. The molecule has 2 aromatic heterocycles. The number of benzene rings is 4. The molecule has 0 radical (unpaired) electrons. The van der Waals surface area contributed by atoms with Crippen LogP contribution in [-0.4, -0.2) is 12.2 Å². The van der Waals surface area contributed by atoms with E-state index in [1.807, 2.05) is 0 Å². The van der Waals surface area contributed by atoms with Crippen molar-refractivity contribution in [1.29, 1.82) is 0 Å². The topological polar surface area (TPSA) is 71.0 Å². The van der Waals surface area contributed by atoms with Crippen LogP contribution in [0.2, 0.25) is 0 Å². The Bertz CT molecular complexity index is 2730. The summed E-state index contributed by atoms with van der Waals surface area (Å²) in [5.41, 5.74) is 13.1. The maximum absolute atomic E-state index is 7.16. The van der Waals surface area contributed by atoms with Crippen molar-refractivity contribution in [3.8, 4) is 0 Å². The number of hydrogen-bond donors (Lipinski definition) is 0. The van der Waals surface area contributed by atoms with E-state index in [9.17, 15) is 0 Å². The highest BCUT2D eigenvalue weighted by atomic mass is 31.1. The molecule has 6 rings (SSSR count). The molecule has 6 nitrogen and oxygen atoms in total. The smallest absolute Gasteiger partial charge is 0.387 e. The summed E-state index contributed by atoms with van der Waals surface area (Å²) in [6.45, 7) is 40.8. The van der Waals surface area contributed by atoms with Crippen LogP contribution in [-0.2, 0) is 47.3 Å². The van der Waals surface area contributed by atoms with E-state index in [-0.39, 0.29) is 33.9 Å². The first kappa shape index (κ1) is 51.0. The summed E-state index contributed by atoms with van der Waals surface area (Å²) < 4.78 is 42.0. The van der Waals surface area contributed by atoms with Crippen molar-refractivity contribution in [2.24, 2.45) is 0 Å². The molecule has 0 saturated heterocycles. The SMILES string of the molecule is CCc1cc(CC)c2op(O[C@H](C)C[C@@H](C)Op3oc4c(CC)cc(C(C)(C)CC)cc4c4cc(C(C)(C)CC)cc(C(C)(C)CC)c4o3)oc3c(C(C)(C)CC)cc(CC)cc3c2c1. The monoisotopic (exact) mass is 925 g/mol. The highest BCUT2D eigenvalue weighted by Crippen LogP contribution is 2.46. The second kappa shape index (κ2) is 20.1. The fourth-order valence-corrected chi connectivity index (χ4v) is 11.2.